The number of rotatable bonds is 4. The summed E-state index contributed by atoms with van der Waals surface area (Å²) in [6, 6.07) is 8.10. The Balaban J connectivity index is 2.33. The van der Waals surface area contributed by atoms with Crippen molar-refractivity contribution in [3.05, 3.63) is 70.2 Å². The van der Waals surface area contributed by atoms with Crippen molar-refractivity contribution < 1.29 is 18.4 Å². The van der Waals surface area contributed by atoms with Crippen LogP contribution in [0, 0.1) is 11.6 Å². The quantitative estimate of drug-likeness (QED) is 0.900. The maximum Gasteiger partial charge on any atom is 0.253 e. The summed E-state index contributed by atoms with van der Waals surface area (Å²) in [5.41, 5.74) is 0.286. The SMILES string of the molecule is CNC(=O)C(NC(=O)c1ccccc1Cl)c1ccc(F)c(F)c1. The second-order valence-electron chi connectivity index (χ2n) is 4.67. The molecular weight excluding hydrogens is 326 g/mol. The van der Waals surface area contributed by atoms with E-state index in [9.17, 15) is 18.4 Å². The molecule has 4 nitrogen and oxygen atoms in total. The molecule has 0 fully saturated rings. The van der Waals surface area contributed by atoms with Crippen LogP contribution in [0.1, 0.15) is 22.0 Å². The Labute approximate surface area is 136 Å². The van der Waals surface area contributed by atoms with Gasteiger partial charge in [-0.2, -0.15) is 0 Å². The number of benzene rings is 2. The van der Waals surface area contributed by atoms with E-state index in [1.807, 2.05) is 0 Å². The zero-order chi connectivity index (χ0) is 17.0. The molecule has 2 aromatic carbocycles. The lowest BCUT2D eigenvalue weighted by Crippen LogP contribution is -2.39. The molecule has 0 bridgehead atoms. The van der Waals surface area contributed by atoms with E-state index in [2.05, 4.69) is 10.6 Å². The minimum Gasteiger partial charge on any atom is -0.357 e. The number of carbonyl (C=O) groups excluding carboxylic acids is 2. The third-order valence-corrected chi connectivity index (χ3v) is 3.51. The first-order valence-corrected chi connectivity index (χ1v) is 7.03. The van der Waals surface area contributed by atoms with Crippen LogP contribution < -0.4 is 10.6 Å². The van der Waals surface area contributed by atoms with Crippen LogP contribution in [0.15, 0.2) is 42.5 Å². The van der Waals surface area contributed by atoms with Gasteiger partial charge >= 0.3 is 0 Å². The van der Waals surface area contributed by atoms with Crippen molar-refractivity contribution in [2.45, 2.75) is 6.04 Å². The number of amides is 2. The highest BCUT2D eigenvalue weighted by atomic mass is 35.5. The van der Waals surface area contributed by atoms with E-state index in [-0.39, 0.29) is 16.1 Å². The smallest absolute Gasteiger partial charge is 0.253 e. The normalized spacial score (nSPS) is 11.7. The average molecular weight is 339 g/mol. The molecule has 7 heteroatoms. The molecule has 0 saturated heterocycles. The summed E-state index contributed by atoms with van der Waals surface area (Å²) in [4.78, 5) is 24.3. The topological polar surface area (TPSA) is 58.2 Å². The van der Waals surface area contributed by atoms with Gasteiger partial charge in [-0.15, -0.1) is 0 Å². The van der Waals surface area contributed by atoms with Crippen LogP contribution in [0.4, 0.5) is 8.78 Å². The fourth-order valence-electron chi connectivity index (χ4n) is 1.99. The van der Waals surface area contributed by atoms with Crippen LogP contribution in [0.2, 0.25) is 5.02 Å². The van der Waals surface area contributed by atoms with Gasteiger partial charge in [0.05, 0.1) is 10.6 Å². The third-order valence-electron chi connectivity index (χ3n) is 3.18. The molecule has 1 atom stereocenters. The van der Waals surface area contributed by atoms with Crippen LogP contribution in [0.3, 0.4) is 0 Å². The van der Waals surface area contributed by atoms with E-state index in [1.54, 1.807) is 12.1 Å². The predicted molar refractivity (Wildman–Crippen MR) is 82.1 cm³/mol. The van der Waals surface area contributed by atoms with Crippen molar-refractivity contribution in [1.82, 2.24) is 10.6 Å². The highest BCUT2D eigenvalue weighted by molar-refractivity contribution is 6.33. The van der Waals surface area contributed by atoms with Crippen molar-refractivity contribution >= 4 is 23.4 Å². The van der Waals surface area contributed by atoms with Gasteiger partial charge in [-0.25, -0.2) is 8.78 Å². The lowest BCUT2D eigenvalue weighted by Gasteiger charge is -2.18. The van der Waals surface area contributed by atoms with E-state index >= 15 is 0 Å². The molecule has 0 aliphatic heterocycles. The zero-order valence-corrected chi connectivity index (χ0v) is 12.8. The molecule has 0 aliphatic carbocycles. The molecule has 0 saturated carbocycles. The lowest BCUT2D eigenvalue weighted by molar-refractivity contribution is -0.122. The summed E-state index contributed by atoms with van der Waals surface area (Å²) in [7, 11) is 1.37. The Morgan fingerprint density at radius 3 is 2.39 bits per heavy atom. The molecular formula is C16H13ClF2N2O2. The Bertz CT molecular complexity index is 753. The fraction of sp³-hybridized carbons (Fsp3) is 0.125. The van der Waals surface area contributed by atoms with E-state index < -0.39 is 29.5 Å². The van der Waals surface area contributed by atoms with Crippen LogP contribution >= 0.6 is 11.6 Å². The van der Waals surface area contributed by atoms with Crippen LogP contribution in [-0.2, 0) is 4.79 Å². The highest BCUT2D eigenvalue weighted by Crippen LogP contribution is 2.20. The monoisotopic (exact) mass is 338 g/mol. The maximum absolute atomic E-state index is 13.4. The third kappa shape index (κ3) is 3.84. The Morgan fingerprint density at radius 2 is 1.78 bits per heavy atom. The first-order chi connectivity index (χ1) is 10.9. The largest absolute Gasteiger partial charge is 0.357 e. The molecule has 2 amide bonds. The number of carbonyl (C=O) groups is 2. The molecule has 2 aromatic rings. The van der Waals surface area contributed by atoms with E-state index in [4.69, 9.17) is 11.6 Å². The Morgan fingerprint density at radius 1 is 1.09 bits per heavy atom. The van der Waals surface area contributed by atoms with Crippen molar-refractivity contribution in [1.29, 1.82) is 0 Å². The first kappa shape index (κ1) is 16.9. The summed E-state index contributed by atoms with van der Waals surface area (Å²) in [6.07, 6.45) is 0. The standard InChI is InChI=1S/C16H13ClF2N2O2/c1-20-16(23)14(9-6-7-12(18)13(19)8-9)21-15(22)10-4-2-3-5-11(10)17/h2-8,14H,1H3,(H,20,23)(H,21,22). The summed E-state index contributed by atoms with van der Waals surface area (Å²) >= 11 is 5.94. The number of hydrogen-bond donors (Lipinski definition) is 2. The number of likely N-dealkylation sites (N-methyl/N-ethyl adjacent to an activating group) is 1. The molecule has 0 radical (unpaired) electrons. The van der Waals surface area contributed by atoms with Crippen molar-refractivity contribution in [3.63, 3.8) is 0 Å². The molecule has 2 N–H and O–H groups in total. The molecule has 0 heterocycles. The zero-order valence-electron chi connectivity index (χ0n) is 12.1. The van der Waals surface area contributed by atoms with E-state index in [1.165, 1.54) is 25.2 Å². The molecule has 0 spiro atoms. The summed E-state index contributed by atoms with van der Waals surface area (Å²) in [5.74, 6) is -3.32. The van der Waals surface area contributed by atoms with Gasteiger partial charge in [-0.05, 0) is 29.8 Å². The van der Waals surface area contributed by atoms with Crippen molar-refractivity contribution in [2.24, 2.45) is 0 Å². The molecule has 1 unspecified atom stereocenters. The summed E-state index contributed by atoms with van der Waals surface area (Å²) in [5, 5.41) is 5.04. The first-order valence-electron chi connectivity index (χ1n) is 6.66. The molecule has 120 valence electrons. The van der Waals surface area contributed by atoms with Gasteiger partial charge in [0.2, 0.25) is 5.91 Å². The van der Waals surface area contributed by atoms with Gasteiger partial charge in [0.1, 0.15) is 6.04 Å². The summed E-state index contributed by atoms with van der Waals surface area (Å²) < 4.78 is 26.4. The van der Waals surface area contributed by atoms with Crippen LogP contribution in [-0.4, -0.2) is 18.9 Å². The second-order valence-corrected chi connectivity index (χ2v) is 5.08. The maximum atomic E-state index is 13.4. The fourth-order valence-corrected chi connectivity index (χ4v) is 2.21. The van der Waals surface area contributed by atoms with E-state index in [0.717, 1.165) is 12.1 Å². The molecule has 23 heavy (non-hydrogen) atoms. The van der Waals surface area contributed by atoms with E-state index in [0.29, 0.717) is 0 Å². The lowest BCUT2D eigenvalue weighted by atomic mass is 10.0. The highest BCUT2D eigenvalue weighted by Gasteiger charge is 2.24. The Hall–Kier alpha value is -2.47. The average Bonchev–Trinajstić information content (AvgIpc) is 2.54. The van der Waals surface area contributed by atoms with Gasteiger partial charge in [-0.3, -0.25) is 9.59 Å². The number of nitrogens with one attached hydrogen (secondary N) is 2. The second kappa shape index (κ2) is 7.19. The van der Waals surface area contributed by atoms with Crippen LogP contribution in [0.5, 0.6) is 0 Å². The minimum atomic E-state index is -1.18. The van der Waals surface area contributed by atoms with Gasteiger partial charge in [-0.1, -0.05) is 29.8 Å². The predicted octanol–water partition coefficient (Wildman–Crippen LogP) is 2.84. The Kier molecular flexibility index (Phi) is 5.28. The van der Waals surface area contributed by atoms with Gasteiger partial charge < -0.3 is 10.6 Å². The van der Waals surface area contributed by atoms with Gasteiger partial charge in [0.15, 0.2) is 11.6 Å². The van der Waals surface area contributed by atoms with Gasteiger partial charge in [0, 0.05) is 7.05 Å². The number of hydrogen-bond acceptors (Lipinski definition) is 2. The minimum absolute atomic E-state index is 0.114. The van der Waals surface area contributed by atoms with Crippen molar-refractivity contribution in [2.75, 3.05) is 7.05 Å². The molecule has 0 aromatic heterocycles. The summed E-state index contributed by atoms with van der Waals surface area (Å²) in [6.45, 7) is 0. The van der Waals surface area contributed by atoms with Gasteiger partial charge in [0.25, 0.3) is 5.91 Å². The molecule has 0 aliphatic rings. The van der Waals surface area contributed by atoms with Crippen LogP contribution in [0.25, 0.3) is 0 Å². The number of halogens is 3. The van der Waals surface area contributed by atoms with Crippen molar-refractivity contribution in [3.8, 4) is 0 Å². The molecule has 2 rings (SSSR count).